The normalized spacial score (nSPS) is 12.8. The predicted molar refractivity (Wildman–Crippen MR) is 77.3 cm³/mol. The van der Waals surface area contributed by atoms with Gasteiger partial charge in [-0.05, 0) is 64.6 Å². The summed E-state index contributed by atoms with van der Waals surface area (Å²) in [6.07, 6.45) is 2.35. The molecule has 1 rings (SSSR count). The second-order valence-corrected chi connectivity index (χ2v) is 4.95. The molecule has 0 amide bonds. The highest BCUT2D eigenvalue weighted by atomic mass is 16.5. The lowest BCUT2D eigenvalue weighted by atomic mass is 9.99. The van der Waals surface area contributed by atoms with Crippen LogP contribution >= 0.6 is 0 Å². The van der Waals surface area contributed by atoms with E-state index in [1.165, 1.54) is 24.0 Å². The third-order valence-electron chi connectivity index (χ3n) is 3.33. The highest BCUT2D eigenvalue weighted by molar-refractivity contribution is 5.37. The van der Waals surface area contributed by atoms with E-state index in [-0.39, 0.29) is 0 Å². The van der Waals surface area contributed by atoms with E-state index in [9.17, 15) is 0 Å². The fourth-order valence-electron chi connectivity index (χ4n) is 2.30. The Morgan fingerprint density at radius 3 is 2.56 bits per heavy atom. The topological polar surface area (TPSA) is 24.5 Å². The van der Waals surface area contributed by atoms with Crippen LogP contribution in [0.25, 0.3) is 0 Å². The van der Waals surface area contributed by atoms with E-state index in [1.54, 1.807) is 7.11 Å². The van der Waals surface area contributed by atoms with Crippen LogP contribution in [0.1, 0.15) is 30.0 Å². The minimum atomic E-state index is 0.475. The molecule has 0 aliphatic heterocycles. The second kappa shape index (κ2) is 7.39. The van der Waals surface area contributed by atoms with Crippen molar-refractivity contribution in [1.82, 2.24) is 10.2 Å². The van der Waals surface area contributed by atoms with Crippen LogP contribution in [0.5, 0.6) is 5.75 Å². The molecule has 18 heavy (non-hydrogen) atoms. The van der Waals surface area contributed by atoms with E-state index in [1.807, 2.05) is 7.05 Å². The lowest BCUT2D eigenvalue weighted by molar-refractivity contribution is 0.278. The quantitative estimate of drug-likeness (QED) is 0.753. The van der Waals surface area contributed by atoms with E-state index < -0.39 is 0 Å². The third kappa shape index (κ3) is 4.00. The first-order valence-electron chi connectivity index (χ1n) is 6.55. The number of rotatable bonds is 7. The van der Waals surface area contributed by atoms with Gasteiger partial charge in [0.1, 0.15) is 5.75 Å². The number of ether oxygens (including phenoxy) is 1. The summed E-state index contributed by atoms with van der Waals surface area (Å²) < 4.78 is 5.32. The smallest absolute Gasteiger partial charge is 0.121 e. The largest absolute Gasteiger partial charge is 0.496 e. The van der Waals surface area contributed by atoms with Crippen LogP contribution in [0, 0.1) is 6.92 Å². The highest BCUT2D eigenvalue weighted by Crippen LogP contribution is 2.27. The van der Waals surface area contributed by atoms with Gasteiger partial charge in [-0.2, -0.15) is 0 Å². The zero-order chi connectivity index (χ0) is 13.5. The lowest BCUT2D eigenvalue weighted by Gasteiger charge is -2.25. The monoisotopic (exact) mass is 250 g/mol. The van der Waals surface area contributed by atoms with Gasteiger partial charge < -0.3 is 15.0 Å². The number of aryl methyl sites for hydroxylation is 1. The molecule has 0 fully saturated rings. The van der Waals surface area contributed by atoms with Crippen molar-refractivity contribution in [3.8, 4) is 5.75 Å². The average molecular weight is 250 g/mol. The Morgan fingerprint density at radius 2 is 2.06 bits per heavy atom. The number of methoxy groups -OCH3 is 1. The van der Waals surface area contributed by atoms with Gasteiger partial charge in [-0.15, -0.1) is 0 Å². The molecule has 1 N–H and O–H groups in total. The van der Waals surface area contributed by atoms with Crippen LogP contribution < -0.4 is 10.1 Å². The molecule has 0 spiro atoms. The summed E-state index contributed by atoms with van der Waals surface area (Å²) in [4.78, 5) is 2.29. The molecule has 1 aromatic carbocycles. The standard InChI is InChI=1S/C15H26N2O/c1-12-11-13(8-9-15(12)18-5)14(17(3)4)7-6-10-16-2/h8-9,11,14,16H,6-7,10H2,1-5H3. The Morgan fingerprint density at radius 1 is 1.33 bits per heavy atom. The second-order valence-electron chi connectivity index (χ2n) is 4.95. The van der Waals surface area contributed by atoms with Crippen molar-refractivity contribution in [3.05, 3.63) is 29.3 Å². The maximum absolute atomic E-state index is 5.32. The number of benzene rings is 1. The van der Waals surface area contributed by atoms with Gasteiger partial charge in [0, 0.05) is 6.04 Å². The summed E-state index contributed by atoms with van der Waals surface area (Å²) in [6.45, 7) is 3.17. The molecule has 0 heterocycles. The molecule has 0 bridgehead atoms. The molecule has 0 aliphatic carbocycles. The molecule has 102 valence electrons. The van der Waals surface area contributed by atoms with Crippen LogP contribution in [-0.4, -0.2) is 39.7 Å². The Hall–Kier alpha value is -1.06. The van der Waals surface area contributed by atoms with Gasteiger partial charge in [-0.1, -0.05) is 12.1 Å². The SMILES string of the molecule is CNCCCC(c1ccc(OC)c(C)c1)N(C)C. The zero-order valence-corrected chi connectivity index (χ0v) is 12.3. The Labute approximate surface area is 111 Å². The van der Waals surface area contributed by atoms with Gasteiger partial charge >= 0.3 is 0 Å². The van der Waals surface area contributed by atoms with Crippen LogP contribution in [0.3, 0.4) is 0 Å². The van der Waals surface area contributed by atoms with Gasteiger partial charge in [0.05, 0.1) is 7.11 Å². The fraction of sp³-hybridized carbons (Fsp3) is 0.600. The summed E-state index contributed by atoms with van der Waals surface area (Å²) in [5, 5.41) is 3.20. The Balaban J connectivity index is 2.82. The molecule has 1 atom stereocenters. The molecule has 1 unspecified atom stereocenters. The van der Waals surface area contributed by atoms with E-state index in [0.29, 0.717) is 6.04 Å². The lowest BCUT2D eigenvalue weighted by Crippen LogP contribution is -2.21. The number of nitrogens with zero attached hydrogens (tertiary/aromatic N) is 1. The van der Waals surface area contributed by atoms with Crippen molar-refractivity contribution in [2.24, 2.45) is 0 Å². The van der Waals surface area contributed by atoms with Crippen molar-refractivity contribution in [1.29, 1.82) is 0 Å². The van der Waals surface area contributed by atoms with E-state index in [2.05, 4.69) is 49.4 Å². The Kier molecular flexibility index (Phi) is 6.16. The summed E-state index contributed by atoms with van der Waals surface area (Å²) in [5.74, 6) is 0.964. The van der Waals surface area contributed by atoms with E-state index in [0.717, 1.165) is 12.3 Å². The molecule has 0 aliphatic rings. The van der Waals surface area contributed by atoms with Gasteiger partial charge in [0.25, 0.3) is 0 Å². The molecule has 3 nitrogen and oxygen atoms in total. The molecular weight excluding hydrogens is 224 g/mol. The predicted octanol–water partition coefficient (Wildman–Crippen LogP) is 2.61. The number of hydrogen-bond donors (Lipinski definition) is 1. The summed E-state index contributed by atoms with van der Waals surface area (Å²) in [5.41, 5.74) is 2.57. The fourth-order valence-corrected chi connectivity index (χ4v) is 2.30. The van der Waals surface area contributed by atoms with Gasteiger partial charge in [0.15, 0.2) is 0 Å². The third-order valence-corrected chi connectivity index (χ3v) is 3.33. The first-order valence-corrected chi connectivity index (χ1v) is 6.55. The van der Waals surface area contributed by atoms with Crippen molar-refractivity contribution < 1.29 is 4.74 Å². The zero-order valence-electron chi connectivity index (χ0n) is 12.3. The summed E-state index contributed by atoms with van der Waals surface area (Å²) in [6, 6.07) is 6.96. The number of nitrogens with one attached hydrogen (secondary N) is 1. The maximum atomic E-state index is 5.32. The van der Waals surface area contributed by atoms with Crippen LogP contribution in [-0.2, 0) is 0 Å². The van der Waals surface area contributed by atoms with Crippen LogP contribution in [0.4, 0.5) is 0 Å². The number of hydrogen-bond acceptors (Lipinski definition) is 3. The first kappa shape index (κ1) is 15.0. The van der Waals surface area contributed by atoms with Gasteiger partial charge in [-0.3, -0.25) is 0 Å². The summed E-state index contributed by atoms with van der Waals surface area (Å²) >= 11 is 0. The van der Waals surface area contributed by atoms with Crippen LogP contribution in [0.2, 0.25) is 0 Å². The van der Waals surface area contributed by atoms with Crippen LogP contribution in [0.15, 0.2) is 18.2 Å². The molecular formula is C15H26N2O. The Bertz CT molecular complexity index is 364. The van der Waals surface area contributed by atoms with Crippen molar-refractivity contribution in [2.45, 2.75) is 25.8 Å². The van der Waals surface area contributed by atoms with E-state index in [4.69, 9.17) is 4.74 Å². The van der Waals surface area contributed by atoms with Crippen molar-refractivity contribution in [2.75, 3.05) is 34.8 Å². The molecule has 0 aromatic heterocycles. The molecule has 0 radical (unpaired) electrons. The minimum Gasteiger partial charge on any atom is -0.496 e. The molecule has 3 heteroatoms. The van der Waals surface area contributed by atoms with Crippen molar-refractivity contribution in [3.63, 3.8) is 0 Å². The first-order chi connectivity index (χ1) is 8.60. The molecule has 1 aromatic rings. The molecule has 0 saturated heterocycles. The van der Waals surface area contributed by atoms with Gasteiger partial charge in [0.2, 0.25) is 0 Å². The van der Waals surface area contributed by atoms with Crippen molar-refractivity contribution >= 4 is 0 Å². The average Bonchev–Trinajstić information content (AvgIpc) is 2.34. The minimum absolute atomic E-state index is 0.475. The van der Waals surface area contributed by atoms with E-state index >= 15 is 0 Å². The maximum Gasteiger partial charge on any atom is 0.121 e. The van der Waals surface area contributed by atoms with Gasteiger partial charge in [-0.25, -0.2) is 0 Å². The highest BCUT2D eigenvalue weighted by Gasteiger charge is 2.14. The summed E-state index contributed by atoms with van der Waals surface area (Å²) in [7, 11) is 8.01. The molecule has 0 saturated carbocycles.